The van der Waals surface area contributed by atoms with Crippen molar-refractivity contribution in [1.82, 2.24) is 14.8 Å². The van der Waals surface area contributed by atoms with Gasteiger partial charge >= 0.3 is 5.97 Å². The number of hydrogen-bond acceptors (Lipinski definition) is 6. The summed E-state index contributed by atoms with van der Waals surface area (Å²) in [4.78, 5) is 34.8. The van der Waals surface area contributed by atoms with Crippen molar-refractivity contribution in [2.24, 2.45) is 0 Å². The predicted molar refractivity (Wildman–Crippen MR) is 75.7 cm³/mol. The molecule has 0 saturated heterocycles. The van der Waals surface area contributed by atoms with E-state index in [1.807, 2.05) is 0 Å². The van der Waals surface area contributed by atoms with Crippen molar-refractivity contribution in [1.29, 1.82) is 0 Å². The number of aromatic nitrogens is 3. The number of rotatable bonds is 4. The second-order valence-electron chi connectivity index (χ2n) is 4.26. The molecule has 0 bridgehead atoms. The van der Waals surface area contributed by atoms with Crippen LogP contribution in [0.4, 0.5) is 5.13 Å². The van der Waals surface area contributed by atoms with Gasteiger partial charge in [-0.2, -0.15) is 0 Å². The van der Waals surface area contributed by atoms with Gasteiger partial charge in [0.1, 0.15) is 17.1 Å². The largest absolute Gasteiger partial charge is 0.477 e. The molecule has 110 valence electrons. The van der Waals surface area contributed by atoms with Crippen LogP contribution in [-0.4, -0.2) is 31.7 Å². The fourth-order valence-electron chi connectivity index (χ4n) is 1.68. The standard InChI is InChI=1S/C12H12N4O4S/c1-6-3-4-8(11(19)20)10(18)16(6)5-9(17)13-12-15-14-7(2)21-12/h3-4H,5H2,1-2H3,(H,19,20)(H,13,15,17). The molecule has 0 spiro atoms. The molecular weight excluding hydrogens is 296 g/mol. The minimum Gasteiger partial charge on any atom is -0.477 e. The Hall–Kier alpha value is -2.55. The topological polar surface area (TPSA) is 114 Å². The van der Waals surface area contributed by atoms with Gasteiger partial charge in [-0.3, -0.25) is 14.9 Å². The highest BCUT2D eigenvalue weighted by atomic mass is 32.1. The summed E-state index contributed by atoms with van der Waals surface area (Å²) >= 11 is 1.21. The van der Waals surface area contributed by atoms with E-state index in [1.165, 1.54) is 23.5 Å². The van der Waals surface area contributed by atoms with Crippen molar-refractivity contribution in [2.45, 2.75) is 20.4 Å². The van der Waals surface area contributed by atoms with Gasteiger partial charge in [0.15, 0.2) is 0 Å². The van der Waals surface area contributed by atoms with Gasteiger partial charge in [-0.05, 0) is 26.0 Å². The molecule has 2 heterocycles. The zero-order valence-electron chi connectivity index (χ0n) is 11.3. The second-order valence-corrected chi connectivity index (χ2v) is 5.44. The molecule has 2 N–H and O–H groups in total. The number of nitrogens with one attached hydrogen (secondary N) is 1. The Kier molecular flexibility index (Phi) is 4.13. The Labute approximate surface area is 123 Å². The van der Waals surface area contributed by atoms with Gasteiger partial charge in [-0.25, -0.2) is 4.79 Å². The van der Waals surface area contributed by atoms with Crippen molar-refractivity contribution < 1.29 is 14.7 Å². The zero-order valence-corrected chi connectivity index (χ0v) is 12.1. The van der Waals surface area contributed by atoms with Crippen LogP contribution in [0.15, 0.2) is 16.9 Å². The molecule has 2 rings (SSSR count). The van der Waals surface area contributed by atoms with E-state index < -0.39 is 17.4 Å². The molecule has 0 saturated carbocycles. The van der Waals surface area contributed by atoms with Gasteiger partial charge < -0.3 is 9.67 Å². The molecule has 0 aliphatic rings. The lowest BCUT2D eigenvalue weighted by Gasteiger charge is -2.09. The lowest BCUT2D eigenvalue weighted by Crippen LogP contribution is -2.32. The predicted octanol–water partition coefficient (Wildman–Crippen LogP) is 0.654. The first-order valence-corrected chi connectivity index (χ1v) is 6.74. The van der Waals surface area contributed by atoms with Crippen LogP contribution in [-0.2, 0) is 11.3 Å². The van der Waals surface area contributed by atoms with Gasteiger partial charge in [0.25, 0.3) is 5.56 Å². The molecule has 2 aromatic rings. The number of carbonyl (C=O) groups is 2. The molecule has 0 radical (unpaired) electrons. The monoisotopic (exact) mass is 308 g/mol. The maximum absolute atomic E-state index is 12.0. The Balaban J connectivity index is 2.23. The zero-order chi connectivity index (χ0) is 15.6. The van der Waals surface area contributed by atoms with Crippen molar-refractivity contribution in [3.05, 3.63) is 38.8 Å². The summed E-state index contributed by atoms with van der Waals surface area (Å²) in [5, 5.41) is 20.0. The van der Waals surface area contributed by atoms with Crippen LogP contribution in [0.3, 0.4) is 0 Å². The van der Waals surface area contributed by atoms with Crippen LogP contribution < -0.4 is 10.9 Å². The van der Waals surface area contributed by atoms with E-state index in [-0.39, 0.29) is 12.1 Å². The maximum atomic E-state index is 12.0. The highest BCUT2D eigenvalue weighted by Gasteiger charge is 2.15. The number of amides is 1. The van der Waals surface area contributed by atoms with E-state index in [9.17, 15) is 14.4 Å². The van der Waals surface area contributed by atoms with Crippen molar-refractivity contribution in [3.8, 4) is 0 Å². The normalized spacial score (nSPS) is 10.4. The lowest BCUT2D eigenvalue weighted by atomic mass is 10.2. The number of carboxylic acids is 1. The van der Waals surface area contributed by atoms with Gasteiger partial charge in [0, 0.05) is 5.69 Å². The molecule has 0 unspecified atom stereocenters. The van der Waals surface area contributed by atoms with Crippen molar-refractivity contribution >= 4 is 28.3 Å². The van der Waals surface area contributed by atoms with E-state index >= 15 is 0 Å². The van der Waals surface area contributed by atoms with Crippen LogP contribution in [0.2, 0.25) is 0 Å². The smallest absolute Gasteiger partial charge is 0.341 e. The van der Waals surface area contributed by atoms with Crippen LogP contribution in [0.1, 0.15) is 21.1 Å². The third-order valence-electron chi connectivity index (χ3n) is 2.70. The third kappa shape index (κ3) is 3.31. The number of carbonyl (C=O) groups excluding carboxylic acids is 1. The minimum absolute atomic E-state index is 0.287. The molecule has 0 fully saturated rings. The van der Waals surface area contributed by atoms with E-state index in [0.717, 1.165) is 4.57 Å². The summed E-state index contributed by atoms with van der Waals surface area (Å²) in [5.74, 6) is -1.80. The lowest BCUT2D eigenvalue weighted by molar-refractivity contribution is -0.116. The Morgan fingerprint density at radius 3 is 2.62 bits per heavy atom. The summed E-state index contributed by atoms with van der Waals surface area (Å²) in [7, 11) is 0. The Morgan fingerprint density at radius 2 is 2.05 bits per heavy atom. The summed E-state index contributed by atoms with van der Waals surface area (Å²) in [5.41, 5.74) is -0.597. The summed E-state index contributed by atoms with van der Waals surface area (Å²) < 4.78 is 1.10. The van der Waals surface area contributed by atoms with Crippen LogP contribution in [0.25, 0.3) is 0 Å². The van der Waals surface area contributed by atoms with Gasteiger partial charge in [0.2, 0.25) is 11.0 Å². The number of pyridine rings is 1. The van der Waals surface area contributed by atoms with Gasteiger partial charge in [-0.15, -0.1) is 10.2 Å². The van der Waals surface area contributed by atoms with Crippen LogP contribution in [0, 0.1) is 13.8 Å². The number of aromatic carboxylic acids is 1. The second kappa shape index (κ2) is 5.83. The molecule has 8 nitrogen and oxygen atoms in total. The first-order chi connectivity index (χ1) is 9.88. The molecule has 1 amide bonds. The average Bonchev–Trinajstić information content (AvgIpc) is 2.79. The number of aryl methyl sites for hydroxylation is 2. The van der Waals surface area contributed by atoms with Crippen LogP contribution in [0.5, 0.6) is 0 Å². The molecular formula is C12H12N4O4S. The maximum Gasteiger partial charge on any atom is 0.341 e. The highest BCUT2D eigenvalue weighted by molar-refractivity contribution is 7.15. The fraction of sp³-hybridized carbons (Fsp3) is 0.250. The number of carboxylic acid groups (broad SMARTS) is 1. The van der Waals surface area contributed by atoms with E-state index in [4.69, 9.17) is 5.11 Å². The summed E-state index contributed by atoms with van der Waals surface area (Å²) in [6.07, 6.45) is 0. The van der Waals surface area contributed by atoms with Crippen molar-refractivity contribution in [2.75, 3.05) is 5.32 Å². The van der Waals surface area contributed by atoms with Gasteiger partial charge in [0.05, 0.1) is 0 Å². The third-order valence-corrected chi connectivity index (χ3v) is 3.45. The first-order valence-electron chi connectivity index (χ1n) is 5.92. The van der Waals surface area contributed by atoms with Gasteiger partial charge in [-0.1, -0.05) is 11.3 Å². The highest BCUT2D eigenvalue weighted by Crippen LogP contribution is 2.13. The molecule has 0 aliphatic carbocycles. The van der Waals surface area contributed by atoms with E-state index in [1.54, 1.807) is 13.8 Å². The summed E-state index contributed by atoms with van der Waals surface area (Å²) in [6.45, 7) is 3.08. The molecule has 9 heteroatoms. The average molecular weight is 308 g/mol. The fourth-order valence-corrected chi connectivity index (χ4v) is 2.29. The SMILES string of the molecule is Cc1nnc(NC(=O)Cn2c(C)ccc(C(=O)O)c2=O)s1. The number of anilines is 1. The Morgan fingerprint density at radius 1 is 1.33 bits per heavy atom. The molecule has 0 aromatic carbocycles. The quantitative estimate of drug-likeness (QED) is 0.857. The summed E-state index contributed by atoms with van der Waals surface area (Å²) in [6, 6.07) is 2.70. The minimum atomic E-state index is -1.33. The van der Waals surface area contributed by atoms with Crippen molar-refractivity contribution in [3.63, 3.8) is 0 Å². The molecule has 2 aromatic heterocycles. The number of nitrogens with zero attached hydrogens (tertiary/aromatic N) is 3. The number of hydrogen-bond donors (Lipinski definition) is 2. The Bertz CT molecular complexity index is 765. The molecule has 0 atom stereocenters. The van der Waals surface area contributed by atoms with Crippen LogP contribution >= 0.6 is 11.3 Å². The first kappa shape index (κ1) is 14.9. The van der Waals surface area contributed by atoms with E-state index in [2.05, 4.69) is 15.5 Å². The molecule has 21 heavy (non-hydrogen) atoms. The molecule has 0 aliphatic heterocycles. The van der Waals surface area contributed by atoms with E-state index in [0.29, 0.717) is 15.8 Å².